The highest BCUT2D eigenvalue weighted by Crippen LogP contribution is 2.12. The molecule has 0 rings (SSSR count). The number of nitrogens with one attached hydrogen (secondary N) is 1. The van der Waals surface area contributed by atoms with Crippen LogP contribution in [0, 0.1) is 5.92 Å². The molecule has 1 amide bonds. The van der Waals surface area contributed by atoms with Crippen molar-refractivity contribution in [2.45, 2.75) is 70.4 Å². The minimum absolute atomic E-state index is 0.222. The molecular weight excluding hydrogens is 362 g/mol. The highest BCUT2D eigenvalue weighted by Gasteiger charge is 2.34. The van der Waals surface area contributed by atoms with Gasteiger partial charge in [-0.2, -0.15) is 0 Å². The predicted octanol–water partition coefficient (Wildman–Crippen LogP) is -1.61. The van der Waals surface area contributed by atoms with Gasteiger partial charge in [0, 0.05) is 19.8 Å². The van der Waals surface area contributed by atoms with Gasteiger partial charge in [-0.05, 0) is 18.8 Å². The number of aliphatic hydroxyl groups is 4. The summed E-state index contributed by atoms with van der Waals surface area (Å²) in [5.74, 6) is -0.371. The number of rotatable bonds is 17. The van der Waals surface area contributed by atoms with Crippen LogP contribution in [0.3, 0.4) is 0 Å². The van der Waals surface area contributed by atoms with E-state index in [-0.39, 0.29) is 6.54 Å². The largest absolute Gasteiger partial charge is 0.692 e. The topological polar surface area (TPSA) is 161 Å². The monoisotopic (exact) mass is 396 g/mol. The molecule has 5 atom stereocenters. The number of hydrogen-bond acceptors (Lipinski definition) is 9. The van der Waals surface area contributed by atoms with E-state index in [0.717, 1.165) is 19.3 Å². The van der Waals surface area contributed by atoms with E-state index in [1.54, 1.807) is 0 Å². The fraction of sp³-hybridized carbons (Fsp3) is 0.941. The molecule has 0 aromatic rings. The van der Waals surface area contributed by atoms with E-state index < -0.39 is 36.9 Å². The van der Waals surface area contributed by atoms with Gasteiger partial charge in [0.1, 0.15) is 24.9 Å². The van der Waals surface area contributed by atoms with Crippen molar-refractivity contribution < 1.29 is 45.1 Å². The van der Waals surface area contributed by atoms with Crippen LogP contribution in [-0.4, -0.2) is 77.1 Å². The Bertz CT molecular complexity index is 372. The fourth-order valence-corrected chi connectivity index (χ4v) is 2.40. The third kappa shape index (κ3) is 11.6. The number of unbranched alkanes of at least 4 members (excludes halogenated alkanes) is 1. The minimum atomic E-state index is -1.96. The van der Waals surface area contributed by atoms with Gasteiger partial charge < -0.3 is 35.7 Å². The molecule has 0 radical (unpaired) electrons. The molecule has 0 saturated heterocycles. The molecule has 1 unspecified atom stereocenters. The lowest BCUT2D eigenvalue weighted by Gasteiger charge is -2.25. The summed E-state index contributed by atoms with van der Waals surface area (Å²) in [6, 6.07) is 0. The van der Waals surface area contributed by atoms with Crippen LogP contribution in [0.15, 0.2) is 0 Å². The number of hydrogen-bond donors (Lipinski definition) is 5. The van der Waals surface area contributed by atoms with Gasteiger partial charge in [-0.15, -0.1) is 0 Å². The van der Waals surface area contributed by atoms with E-state index in [0.29, 0.717) is 25.6 Å². The molecule has 0 spiro atoms. The average molecular weight is 396 g/mol. The molecule has 0 aliphatic carbocycles. The summed E-state index contributed by atoms with van der Waals surface area (Å²) in [4.78, 5) is 15.7. The third-order valence-electron chi connectivity index (χ3n) is 4.28. The van der Waals surface area contributed by atoms with Crippen molar-refractivity contribution >= 4 is 5.91 Å². The molecule has 0 fully saturated rings. The Morgan fingerprint density at radius 1 is 1.07 bits per heavy atom. The molecule has 0 aliphatic heterocycles. The molecule has 10 nitrogen and oxygen atoms in total. The Kier molecular flexibility index (Phi) is 15.6. The van der Waals surface area contributed by atoms with E-state index in [1.165, 1.54) is 6.42 Å². The van der Waals surface area contributed by atoms with Crippen molar-refractivity contribution in [3.63, 3.8) is 0 Å². The molecule has 0 heterocycles. The Balaban J connectivity index is 3.99. The smallest absolute Gasteiger partial charge is 0.251 e. The van der Waals surface area contributed by atoms with E-state index >= 15 is 0 Å². The zero-order valence-electron chi connectivity index (χ0n) is 16.1. The second kappa shape index (κ2) is 16.1. The van der Waals surface area contributed by atoms with Crippen molar-refractivity contribution in [1.29, 1.82) is 0 Å². The summed E-state index contributed by atoms with van der Waals surface area (Å²) < 4.78 is 5.59. The Morgan fingerprint density at radius 2 is 1.78 bits per heavy atom. The van der Waals surface area contributed by atoms with Crippen molar-refractivity contribution in [3.8, 4) is 0 Å². The first-order valence-electron chi connectivity index (χ1n) is 9.38. The molecule has 162 valence electrons. The van der Waals surface area contributed by atoms with Crippen LogP contribution in [0.4, 0.5) is 0 Å². The average Bonchev–Trinajstić information content (AvgIpc) is 2.68. The molecule has 0 aliphatic rings. The summed E-state index contributed by atoms with van der Waals surface area (Å²) >= 11 is 0. The number of ether oxygens (including phenoxy) is 1. The number of carbonyl (C=O) groups excluding carboxylic acids is 1. The van der Waals surface area contributed by atoms with Crippen LogP contribution in [0.1, 0.15) is 46.0 Å². The second-order valence-electron chi connectivity index (χ2n) is 6.48. The van der Waals surface area contributed by atoms with E-state index in [4.69, 9.17) is 4.74 Å². The van der Waals surface area contributed by atoms with Crippen LogP contribution in [0.2, 0.25) is 0 Å². The highest BCUT2D eigenvalue weighted by molar-refractivity contribution is 5.81. The Hall–Kier alpha value is -0.850. The van der Waals surface area contributed by atoms with Crippen molar-refractivity contribution in [3.05, 3.63) is 0 Å². The summed E-state index contributed by atoms with van der Waals surface area (Å²) in [5, 5.41) is 53.6. The zero-order valence-corrected chi connectivity index (χ0v) is 16.1. The maximum absolute atomic E-state index is 11.8. The lowest BCUT2D eigenvalue weighted by atomic mass is 10.0. The number of amides is 1. The van der Waals surface area contributed by atoms with Gasteiger partial charge in [-0.1, -0.05) is 33.1 Å². The van der Waals surface area contributed by atoms with Gasteiger partial charge in [0.2, 0.25) is 0 Å². The van der Waals surface area contributed by atoms with Gasteiger partial charge in [0.25, 0.3) is 5.91 Å². The quantitative estimate of drug-likeness (QED) is 0.111. The normalized spacial score (nSPS) is 17.1. The molecule has 0 aromatic carbocycles. The lowest BCUT2D eigenvalue weighted by molar-refractivity contribution is -0.800. The Labute approximate surface area is 159 Å². The maximum atomic E-state index is 11.8. The van der Waals surface area contributed by atoms with Gasteiger partial charge in [0.15, 0.2) is 6.10 Å². The number of aliphatic hydroxyl groups excluding tert-OH is 4. The van der Waals surface area contributed by atoms with Gasteiger partial charge in [-0.25, -0.2) is 4.89 Å². The van der Waals surface area contributed by atoms with Crippen molar-refractivity contribution in [1.82, 2.24) is 5.32 Å². The van der Waals surface area contributed by atoms with E-state index in [2.05, 4.69) is 29.1 Å². The summed E-state index contributed by atoms with van der Waals surface area (Å²) in [6.45, 7) is 4.89. The molecule has 0 saturated carbocycles. The first-order valence-corrected chi connectivity index (χ1v) is 9.38. The fourth-order valence-electron chi connectivity index (χ4n) is 2.40. The molecule has 10 heteroatoms. The van der Waals surface area contributed by atoms with Gasteiger partial charge in [-0.3, -0.25) is 9.83 Å². The molecule has 27 heavy (non-hydrogen) atoms. The third-order valence-corrected chi connectivity index (χ3v) is 4.28. The van der Waals surface area contributed by atoms with Crippen LogP contribution >= 0.6 is 0 Å². The molecular formula is C17H34NO9-. The molecule has 0 aromatic heterocycles. The minimum Gasteiger partial charge on any atom is -0.692 e. The van der Waals surface area contributed by atoms with E-state index in [9.17, 15) is 30.5 Å². The lowest BCUT2D eigenvalue weighted by Crippen LogP contribution is -2.52. The van der Waals surface area contributed by atoms with Gasteiger partial charge in [0.05, 0.1) is 0 Å². The molecule has 0 bridgehead atoms. The van der Waals surface area contributed by atoms with Gasteiger partial charge >= 0.3 is 0 Å². The molecule has 5 N–H and O–H groups in total. The predicted molar refractivity (Wildman–Crippen MR) is 92.8 cm³/mol. The summed E-state index contributed by atoms with van der Waals surface area (Å²) in [7, 11) is 0. The maximum Gasteiger partial charge on any atom is 0.251 e. The zero-order chi connectivity index (χ0) is 20.7. The highest BCUT2D eigenvalue weighted by atomic mass is 17.5. The first-order chi connectivity index (χ1) is 12.9. The SMILES string of the molecule is CCCCC(CC)COCCCNC(=O)[C@H](O)[C@@H](O)[C@H](O)[C@H](O)COO[O-]. The summed E-state index contributed by atoms with van der Waals surface area (Å²) in [5.41, 5.74) is 0. The van der Waals surface area contributed by atoms with Crippen molar-refractivity contribution in [2.24, 2.45) is 5.92 Å². The number of carbonyl (C=O) groups is 1. The second-order valence-corrected chi connectivity index (χ2v) is 6.48. The van der Waals surface area contributed by atoms with Crippen LogP contribution in [0.25, 0.3) is 0 Å². The van der Waals surface area contributed by atoms with Crippen LogP contribution in [0.5, 0.6) is 0 Å². The van der Waals surface area contributed by atoms with E-state index in [1.807, 2.05) is 0 Å². The standard InChI is InChI=1S/C17H35NO9/c1-3-5-7-12(4-2)10-25-9-6-8-18-17(23)16(22)15(21)14(20)13(19)11-26-27-24/h12-16,19-22,24H,3-11H2,1-2H3,(H,18,23)/p-1/t12?,13-,14-,15+,16-/m1/s1. The Morgan fingerprint density at radius 3 is 2.37 bits per heavy atom. The summed E-state index contributed by atoms with van der Waals surface area (Å²) in [6.07, 6.45) is -2.50. The van der Waals surface area contributed by atoms with Crippen molar-refractivity contribution in [2.75, 3.05) is 26.4 Å². The van der Waals surface area contributed by atoms with Crippen LogP contribution in [-0.2, 0) is 19.5 Å². The first kappa shape index (κ1) is 26.1. The van der Waals surface area contributed by atoms with Crippen LogP contribution < -0.4 is 10.6 Å².